The van der Waals surface area contributed by atoms with E-state index in [0.29, 0.717) is 11.3 Å². The van der Waals surface area contributed by atoms with Gasteiger partial charge in [-0.1, -0.05) is 51.5 Å². The predicted octanol–water partition coefficient (Wildman–Crippen LogP) is 4.04. The smallest absolute Gasteiger partial charge is 0.0409 e. The lowest BCUT2D eigenvalue weighted by Crippen LogP contribution is -2.19. The number of benzene rings is 1. The molecule has 2 heteroatoms. The molecule has 0 aliphatic rings. The Bertz CT molecular complexity index is 322. The summed E-state index contributed by atoms with van der Waals surface area (Å²) in [5.74, 6) is 1.14. The summed E-state index contributed by atoms with van der Waals surface area (Å²) in [7, 11) is 2.05. The van der Waals surface area contributed by atoms with Crippen LogP contribution >= 0.6 is 11.8 Å². The fourth-order valence-electron chi connectivity index (χ4n) is 1.89. The van der Waals surface area contributed by atoms with Gasteiger partial charge in [0.2, 0.25) is 0 Å². The molecule has 0 heterocycles. The second kappa shape index (κ2) is 7.78. The highest BCUT2D eigenvalue weighted by molar-refractivity contribution is 7.99. The molecule has 0 spiro atoms. The predicted molar refractivity (Wildman–Crippen MR) is 79.8 cm³/mol. The molecule has 0 radical (unpaired) electrons. The van der Waals surface area contributed by atoms with Gasteiger partial charge in [0.25, 0.3) is 0 Å². The lowest BCUT2D eigenvalue weighted by molar-refractivity contribution is 0.659. The van der Waals surface area contributed by atoms with Gasteiger partial charge in [-0.25, -0.2) is 0 Å². The Hall–Kier alpha value is -0.470. The van der Waals surface area contributed by atoms with Crippen LogP contribution in [0.2, 0.25) is 0 Å². The minimum atomic E-state index is 0.471. The van der Waals surface area contributed by atoms with Crippen LogP contribution in [0, 0.1) is 0 Å². The summed E-state index contributed by atoms with van der Waals surface area (Å²) in [4.78, 5) is 0. The van der Waals surface area contributed by atoms with Crippen LogP contribution < -0.4 is 5.32 Å². The van der Waals surface area contributed by atoms with Crippen molar-refractivity contribution < 1.29 is 0 Å². The molecule has 0 bridgehead atoms. The highest BCUT2D eigenvalue weighted by Gasteiger charge is 2.10. The molecule has 0 amide bonds. The van der Waals surface area contributed by atoms with E-state index in [4.69, 9.17) is 0 Å². The molecule has 1 aromatic carbocycles. The summed E-state index contributed by atoms with van der Waals surface area (Å²) in [5.41, 5.74) is 2.88. The molecule has 0 aliphatic heterocycles. The van der Waals surface area contributed by atoms with Gasteiger partial charge in [-0.15, -0.1) is 0 Å². The molecule has 0 aliphatic carbocycles. The third kappa shape index (κ3) is 5.13. The summed E-state index contributed by atoms with van der Waals surface area (Å²) in [5, 5.41) is 4.12. The van der Waals surface area contributed by atoms with Gasteiger partial charge < -0.3 is 5.32 Å². The third-order valence-corrected chi connectivity index (χ3v) is 4.03. The Morgan fingerprint density at radius 2 is 2.06 bits per heavy atom. The van der Waals surface area contributed by atoms with Crippen molar-refractivity contribution in [2.24, 2.45) is 0 Å². The second-order valence-electron chi connectivity index (χ2n) is 4.72. The number of hydrogen-bond donors (Lipinski definition) is 1. The molecule has 0 saturated carbocycles. The molecular formula is C15H25NS. The van der Waals surface area contributed by atoms with Gasteiger partial charge in [0.1, 0.15) is 0 Å². The molecule has 0 aromatic heterocycles. The van der Waals surface area contributed by atoms with Crippen molar-refractivity contribution in [1.29, 1.82) is 0 Å². The lowest BCUT2D eigenvalue weighted by Gasteiger charge is -2.18. The highest BCUT2D eigenvalue weighted by Crippen LogP contribution is 2.22. The average Bonchev–Trinajstić information content (AvgIpc) is 2.30. The van der Waals surface area contributed by atoms with Crippen LogP contribution in [0.4, 0.5) is 0 Å². The lowest BCUT2D eigenvalue weighted by atomic mass is 10.0. The topological polar surface area (TPSA) is 12.0 Å². The van der Waals surface area contributed by atoms with E-state index in [9.17, 15) is 0 Å². The Balaban J connectivity index is 2.69. The van der Waals surface area contributed by atoms with Crippen molar-refractivity contribution in [1.82, 2.24) is 5.32 Å². The summed E-state index contributed by atoms with van der Waals surface area (Å²) in [6.45, 7) is 6.74. The molecule has 1 atom stereocenters. The van der Waals surface area contributed by atoms with E-state index in [-0.39, 0.29) is 0 Å². The molecule has 1 nitrogen and oxygen atoms in total. The monoisotopic (exact) mass is 251 g/mol. The van der Waals surface area contributed by atoms with E-state index >= 15 is 0 Å². The van der Waals surface area contributed by atoms with Crippen LogP contribution in [0.3, 0.4) is 0 Å². The van der Waals surface area contributed by atoms with Crippen LogP contribution in [0.5, 0.6) is 0 Å². The Morgan fingerprint density at radius 3 is 2.65 bits per heavy atom. The number of thioether (sulfide) groups is 1. The molecule has 0 saturated heterocycles. The first-order valence-electron chi connectivity index (χ1n) is 6.55. The zero-order valence-corrected chi connectivity index (χ0v) is 12.3. The van der Waals surface area contributed by atoms with Crippen molar-refractivity contribution in [3.8, 4) is 0 Å². The number of hydrogen-bond acceptors (Lipinski definition) is 2. The zero-order valence-electron chi connectivity index (χ0n) is 11.5. The van der Waals surface area contributed by atoms with Crippen molar-refractivity contribution in [3.63, 3.8) is 0 Å². The van der Waals surface area contributed by atoms with Gasteiger partial charge in [-0.05, 0) is 29.8 Å². The minimum absolute atomic E-state index is 0.471. The SMILES string of the molecule is CCCc1cccc(C(CSC(C)C)NC)c1. The first kappa shape index (κ1) is 14.6. The van der Waals surface area contributed by atoms with E-state index in [1.807, 2.05) is 11.8 Å². The van der Waals surface area contributed by atoms with Crippen LogP contribution in [0.25, 0.3) is 0 Å². The fraction of sp³-hybridized carbons (Fsp3) is 0.600. The third-order valence-electron chi connectivity index (χ3n) is 2.84. The quantitative estimate of drug-likeness (QED) is 0.785. The molecule has 1 rings (SSSR count). The van der Waals surface area contributed by atoms with Gasteiger partial charge in [0, 0.05) is 11.8 Å². The summed E-state index contributed by atoms with van der Waals surface area (Å²) < 4.78 is 0. The molecule has 17 heavy (non-hydrogen) atoms. The van der Waals surface area contributed by atoms with Gasteiger partial charge >= 0.3 is 0 Å². The molecule has 0 fully saturated rings. The standard InChI is InChI=1S/C15H25NS/c1-5-7-13-8-6-9-14(10-13)15(16-4)11-17-12(2)3/h6,8-10,12,15-16H,5,7,11H2,1-4H3. The number of nitrogens with one attached hydrogen (secondary N) is 1. The molecule has 96 valence electrons. The van der Waals surface area contributed by atoms with Crippen LogP contribution in [-0.2, 0) is 6.42 Å². The van der Waals surface area contributed by atoms with E-state index in [1.165, 1.54) is 24.0 Å². The second-order valence-corrected chi connectivity index (χ2v) is 6.33. The largest absolute Gasteiger partial charge is 0.312 e. The summed E-state index contributed by atoms with van der Waals surface area (Å²) >= 11 is 2.02. The van der Waals surface area contributed by atoms with Gasteiger partial charge in [0.15, 0.2) is 0 Å². The highest BCUT2D eigenvalue weighted by atomic mass is 32.2. The van der Waals surface area contributed by atoms with Gasteiger partial charge in [-0.2, -0.15) is 11.8 Å². The van der Waals surface area contributed by atoms with Crippen LogP contribution in [0.15, 0.2) is 24.3 Å². The van der Waals surface area contributed by atoms with Crippen molar-refractivity contribution in [3.05, 3.63) is 35.4 Å². The zero-order chi connectivity index (χ0) is 12.7. The normalized spacial score (nSPS) is 13.0. The van der Waals surface area contributed by atoms with Crippen molar-refractivity contribution in [2.45, 2.75) is 44.9 Å². The van der Waals surface area contributed by atoms with Gasteiger partial charge in [-0.3, -0.25) is 0 Å². The summed E-state index contributed by atoms with van der Waals surface area (Å²) in [6.07, 6.45) is 2.40. The molecule has 1 unspecified atom stereocenters. The minimum Gasteiger partial charge on any atom is -0.312 e. The van der Waals surface area contributed by atoms with E-state index < -0.39 is 0 Å². The van der Waals surface area contributed by atoms with Gasteiger partial charge in [0.05, 0.1) is 0 Å². The van der Waals surface area contributed by atoms with E-state index in [1.54, 1.807) is 0 Å². The van der Waals surface area contributed by atoms with Crippen LogP contribution in [0.1, 0.15) is 44.4 Å². The molecule has 1 N–H and O–H groups in total. The van der Waals surface area contributed by atoms with Crippen molar-refractivity contribution in [2.75, 3.05) is 12.8 Å². The van der Waals surface area contributed by atoms with Crippen LogP contribution in [-0.4, -0.2) is 18.1 Å². The number of rotatable bonds is 7. The summed E-state index contributed by atoms with van der Waals surface area (Å²) in [6, 6.07) is 9.48. The first-order chi connectivity index (χ1) is 8.17. The average molecular weight is 251 g/mol. The molecule has 1 aromatic rings. The Morgan fingerprint density at radius 1 is 1.29 bits per heavy atom. The number of aryl methyl sites for hydroxylation is 1. The van der Waals surface area contributed by atoms with E-state index in [0.717, 1.165) is 5.75 Å². The maximum atomic E-state index is 3.42. The molecular weight excluding hydrogens is 226 g/mol. The fourth-order valence-corrected chi connectivity index (χ4v) is 2.83. The first-order valence-corrected chi connectivity index (χ1v) is 7.60. The maximum Gasteiger partial charge on any atom is 0.0409 e. The maximum absolute atomic E-state index is 3.42. The Labute approximate surface area is 110 Å². The van der Waals surface area contributed by atoms with Crippen molar-refractivity contribution >= 4 is 11.8 Å². The van der Waals surface area contributed by atoms with E-state index in [2.05, 4.69) is 57.4 Å². The Kier molecular flexibility index (Phi) is 6.68.